The van der Waals surface area contributed by atoms with Crippen LogP contribution in [0.2, 0.25) is 0 Å². The van der Waals surface area contributed by atoms with E-state index in [1.165, 1.54) is 0 Å². The smallest absolute Gasteiger partial charge is 0.237 e. The van der Waals surface area contributed by atoms with Crippen LogP contribution >= 0.6 is 11.8 Å². The number of para-hydroxylation sites is 2. The number of benzene rings is 2. The van der Waals surface area contributed by atoms with Crippen molar-refractivity contribution in [3.63, 3.8) is 0 Å². The van der Waals surface area contributed by atoms with Crippen LogP contribution in [0, 0.1) is 0 Å². The monoisotopic (exact) mass is 426 g/mol. The fraction of sp³-hybridized carbons (Fsp3) is 0.286. The molecule has 156 valence electrons. The summed E-state index contributed by atoms with van der Waals surface area (Å²) in [7, 11) is 4.90. The molecule has 4 aromatic rings. The SMILES string of the molecule is COCCn1c(SCc2nc(-c3ccc(OC)cc3OC)no2)nc2ccccc21. The molecule has 0 N–H and O–H groups in total. The highest BCUT2D eigenvalue weighted by Gasteiger charge is 2.16. The van der Waals surface area contributed by atoms with Crippen LogP contribution in [-0.4, -0.2) is 47.6 Å². The first-order chi connectivity index (χ1) is 14.7. The van der Waals surface area contributed by atoms with Crippen LogP contribution < -0.4 is 9.47 Å². The van der Waals surface area contributed by atoms with Crippen molar-refractivity contribution in [2.45, 2.75) is 17.5 Å². The Labute approximate surface area is 178 Å². The fourth-order valence-electron chi connectivity index (χ4n) is 3.09. The molecular weight excluding hydrogens is 404 g/mol. The zero-order valence-electron chi connectivity index (χ0n) is 17.0. The van der Waals surface area contributed by atoms with E-state index >= 15 is 0 Å². The molecule has 9 heteroatoms. The zero-order valence-corrected chi connectivity index (χ0v) is 17.8. The Morgan fingerprint density at radius 1 is 1.03 bits per heavy atom. The summed E-state index contributed by atoms with van der Waals surface area (Å²) >= 11 is 1.55. The van der Waals surface area contributed by atoms with Gasteiger partial charge < -0.3 is 23.3 Å². The van der Waals surface area contributed by atoms with E-state index in [0.29, 0.717) is 35.6 Å². The van der Waals surface area contributed by atoms with Crippen molar-refractivity contribution >= 4 is 22.8 Å². The second-order valence-electron chi connectivity index (χ2n) is 6.39. The standard InChI is InChI=1S/C21H22N4O4S/c1-26-11-10-25-17-7-5-4-6-16(17)22-21(25)30-13-19-23-20(24-29-19)15-9-8-14(27-2)12-18(15)28-3/h4-9,12H,10-11,13H2,1-3H3. The van der Waals surface area contributed by atoms with Gasteiger partial charge in [0.2, 0.25) is 11.7 Å². The predicted octanol–water partition coefficient (Wildman–Crippen LogP) is 4.04. The van der Waals surface area contributed by atoms with E-state index in [9.17, 15) is 0 Å². The van der Waals surface area contributed by atoms with Crippen molar-refractivity contribution < 1.29 is 18.7 Å². The second-order valence-corrected chi connectivity index (χ2v) is 7.34. The molecule has 30 heavy (non-hydrogen) atoms. The topological polar surface area (TPSA) is 84.4 Å². The molecule has 2 aromatic heterocycles. The van der Waals surface area contributed by atoms with Gasteiger partial charge in [0.15, 0.2) is 5.16 Å². The Hall–Kier alpha value is -3.04. The van der Waals surface area contributed by atoms with Crippen molar-refractivity contribution in [3.8, 4) is 22.9 Å². The lowest BCUT2D eigenvalue weighted by Crippen LogP contribution is -2.05. The zero-order chi connectivity index (χ0) is 20.9. The van der Waals surface area contributed by atoms with E-state index in [0.717, 1.165) is 28.3 Å². The molecule has 0 unspecified atom stereocenters. The number of hydrogen-bond acceptors (Lipinski definition) is 8. The highest BCUT2D eigenvalue weighted by Crippen LogP contribution is 2.32. The van der Waals surface area contributed by atoms with Crippen LogP contribution in [0.3, 0.4) is 0 Å². The molecule has 0 radical (unpaired) electrons. The molecule has 0 aliphatic carbocycles. The average molecular weight is 426 g/mol. The molecule has 8 nitrogen and oxygen atoms in total. The van der Waals surface area contributed by atoms with Crippen molar-refractivity contribution in [1.29, 1.82) is 0 Å². The van der Waals surface area contributed by atoms with Crippen LogP contribution in [0.15, 0.2) is 52.1 Å². The number of imidazole rings is 1. The molecule has 2 heterocycles. The van der Waals surface area contributed by atoms with E-state index in [2.05, 4.69) is 20.8 Å². The highest BCUT2D eigenvalue weighted by molar-refractivity contribution is 7.98. The largest absolute Gasteiger partial charge is 0.497 e. The minimum Gasteiger partial charge on any atom is -0.497 e. The predicted molar refractivity (Wildman–Crippen MR) is 114 cm³/mol. The molecule has 0 aliphatic rings. The molecule has 0 aliphatic heterocycles. The van der Waals surface area contributed by atoms with Crippen molar-refractivity contribution in [2.75, 3.05) is 27.9 Å². The Kier molecular flexibility index (Phi) is 6.20. The van der Waals surface area contributed by atoms with Gasteiger partial charge in [0.1, 0.15) is 11.5 Å². The number of rotatable bonds is 9. The number of methoxy groups -OCH3 is 3. The van der Waals surface area contributed by atoms with Gasteiger partial charge in [0, 0.05) is 19.7 Å². The van der Waals surface area contributed by atoms with E-state index in [-0.39, 0.29) is 0 Å². The van der Waals surface area contributed by atoms with Gasteiger partial charge in [-0.1, -0.05) is 29.1 Å². The van der Waals surface area contributed by atoms with Crippen LogP contribution in [0.1, 0.15) is 5.89 Å². The van der Waals surface area contributed by atoms with E-state index in [1.807, 2.05) is 30.3 Å². The van der Waals surface area contributed by atoms with Crippen LogP contribution in [0.5, 0.6) is 11.5 Å². The molecule has 4 rings (SSSR count). The normalized spacial score (nSPS) is 11.2. The molecule has 0 amide bonds. The van der Waals surface area contributed by atoms with Crippen molar-refractivity contribution in [1.82, 2.24) is 19.7 Å². The van der Waals surface area contributed by atoms with E-state index < -0.39 is 0 Å². The Morgan fingerprint density at radius 3 is 2.70 bits per heavy atom. The molecule has 0 fully saturated rings. The summed E-state index contributed by atoms with van der Waals surface area (Å²) in [5.41, 5.74) is 2.77. The lowest BCUT2D eigenvalue weighted by atomic mass is 10.2. The molecule has 2 aromatic carbocycles. The lowest BCUT2D eigenvalue weighted by Gasteiger charge is -2.07. The summed E-state index contributed by atoms with van der Waals surface area (Å²) < 4.78 is 23.5. The van der Waals surface area contributed by atoms with Gasteiger partial charge >= 0.3 is 0 Å². The highest BCUT2D eigenvalue weighted by atomic mass is 32.2. The molecular formula is C21H22N4O4S. The quantitative estimate of drug-likeness (QED) is 0.371. The maximum atomic E-state index is 5.46. The van der Waals surface area contributed by atoms with Crippen LogP contribution in [0.4, 0.5) is 0 Å². The number of fused-ring (bicyclic) bond motifs is 1. The maximum absolute atomic E-state index is 5.46. The number of aromatic nitrogens is 4. The molecule has 0 bridgehead atoms. The first kappa shape index (κ1) is 20.2. The van der Waals surface area contributed by atoms with Gasteiger partial charge in [-0.3, -0.25) is 0 Å². The van der Waals surface area contributed by atoms with Gasteiger partial charge in [-0.2, -0.15) is 4.98 Å². The number of hydrogen-bond donors (Lipinski definition) is 0. The average Bonchev–Trinajstić information content (AvgIpc) is 3.40. The van der Waals surface area contributed by atoms with Crippen LogP contribution in [0.25, 0.3) is 22.4 Å². The second kappa shape index (κ2) is 9.19. The molecule has 0 saturated heterocycles. The fourth-order valence-corrected chi connectivity index (χ4v) is 3.97. The lowest BCUT2D eigenvalue weighted by molar-refractivity contribution is 0.186. The third-order valence-corrected chi connectivity index (χ3v) is 5.54. The van der Waals surface area contributed by atoms with E-state index in [1.54, 1.807) is 39.2 Å². The first-order valence-electron chi connectivity index (χ1n) is 9.35. The molecule has 0 saturated carbocycles. The minimum atomic E-state index is 0.470. The Bertz CT molecular complexity index is 1140. The summed E-state index contributed by atoms with van der Waals surface area (Å²) in [5.74, 6) is 2.80. The summed E-state index contributed by atoms with van der Waals surface area (Å²) in [6, 6.07) is 13.5. The van der Waals surface area contributed by atoms with Gasteiger partial charge in [0.05, 0.1) is 43.2 Å². The van der Waals surface area contributed by atoms with Gasteiger partial charge in [-0.15, -0.1) is 0 Å². The summed E-state index contributed by atoms with van der Waals surface area (Å²) in [6.45, 7) is 1.33. The first-order valence-corrected chi connectivity index (χ1v) is 10.3. The number of thioether (sulfide) groups is 1. The third kappa shape index (κ3) is 4.12. The van der Waals surface area contributed by atoms with E-state index in [4.69, 9.17) is 23.7 Å². The molecule has 0 spiro atoms. The Morgan fingerprint density at radius 2 is 1.90 bits per heavy atom. The van der Waals surface area contributed by atoms with Crippen molar-refractivity contribution in [3.05, 3.63) is 48.4 Å². The molecule has 0 atom stereocenters. The summed E-state index contributed by atoms with van der Waals surface area (Å²) in [5, 5.41) is 4.99. The van der Waals surface area contributed by atoms with Gasteiger partial charge in [-0.25, -0.2) is 4.98 Å². The summed E-state index contributed by atoms with van der Waals surface area (Å²) in [4.78, 5) is 9.26. The van der Waals surface area contributed by atoms with Gasteiger partial charge in [-0.05, 0) is 24.3 Å². The minimum absolute atomic E-state index is 0.470. The summed E-state index contributed by atoms with van der Waals surface area (Å²) in [6.07, 6.45) is 0. The van der Waals surface area contributed by atoms with Crippen molar-refractivity contribution in [2.24, 2.45) is 0 Å². The van der Waals surface area contributed by atoms with Gasteiger partial charge in [0.25, 0.3) is 0 Å². The maximum Gasteiger partial charge on any atom is 0.237 e. The number of ether oxygens (including phenoxy) is 3. The third-order valence-electron chi connectivity index (χ3n) is 4.58. The number of nitrogens with zero attached hydrogens (tertiary/aromatic N) is 4. The van der Waals surface area contributed by atoms with Crippen LogP contribution in [-0.2, 0) is 17.0 Å². The Balaban J connectivity index is 1.54.